The second kappa shape index (κ2) is 7.78. The number of rotatable bonds is 6. The number of nitrogens with one attached hydrogen (secondary N) is 1. The Hall–Kier alpha value is -2.90. The van der Waals surface area contributed by atoms with Gasteiger partial charge in [0.1, 0.15) is 0 Å². The highest BCUT2D eigenvalue weighted by molar-refractivity contribution is 5.92. The van der Waals surface area contributed by atoms with E-state index in [1.165, 1.54) is 26.4 Å². The minimum atomic E-state index is -4.48. The zero-order valence-corrected chi connectivity index (χ0v) is 13.5. The molecule has 0 heterocycles. The summed E-state index contributed by atoms with van der Waals surface area (Å²) in [7, 11) is 2.88. The van der Waals surface area contributed by atoms with Crippen LogP contribution in [0, 0.1) is 0 Å². The molecule has 25 heavy (non-hydrogen) atoms. The molecule has 0 saturated carbocycles. The predicted octanol–water partition coefficient (Wildman–Crippen LogP) is 3.74. The lowest BCUT2D eigenvalue weighted by atomic mass is 10.2. The standard InChI is InChI=1S/C17H16F3NO4/c1-23-13-7-4-8-14(16(13)24-2)25-10-15(22)21-12-6-3-5-11(9-12)17(18,19)20/h3-9H,10H2,1-2H3,(H,21,22). The summed E-state index contributed by atoms with van der Waals surface area (Å²) < 4.78 is 53.6. The van der Waals surface area contributed by atoms with Gasteiger partial charge in [0, 0.05) is 5.69 Å². The van der Waals surface area contributed by atoms with Gasteiger partial charge < -0.3 is 19.5 Å². The number of methoxy groups -OCH3 is 2. The molecule has 0 saturated heterocycles. The van der Waals surface area contributed by atoms with Crippen molar-refractivity contribution in [1.29, 1.82) is 0 Å². The third-order valence-electron chi connectivity index (χ3n) is 3.20. The largest absolute Gasteiger partial charge is 0.493 e. The van der Waals surface area contributed by atoms with Crippen LogP contribution in [0.3, 0.4) is 0 Å². The molecule has 2 aromatic carbocycles. The van der Waals surface area contributed by atoms with Gasteiger partial charge in [0.15, 0.2) is 18.1 Å². The lowest BCUT2D eigenvalue weighted by Gasteiger charge is -2.14. The average molecular weight is 355 g/mol. The lowest BCUT2D eigenvalue weighted by molar-refractivity contribution is -0.137. The fourth-order valence-electron chi connectivity index (χ4n) is 2.08. The zero-order chi connectivity index (χ0) is 18.4. The molecule has 0 spiro atoms. The van der Waals surface area contributed by atoms with Gasteiger partial charge in [-0.2, -0.15) is 13.2 Å². The molecule has 2 rings (SSSR count). The number of amides is 1. The molecule has 0 atom stereocenters. The summed E-state index contributed by atoms with van der Waals surface area (Å²) in [6, 6.07) is 9.25. The number of hydrogen-bond donors (Lipinski definition) is 1. The molecule has 0 aliphatic heterocycles. The second-order valence-electron chi connectivity index (χ2n) is 4.91. The Kier molecular flexibility index (Phi) is 5.74. The number of ether oxygens (including phenoxy) is 3. The molecule has 0 unspecified atom stereocenters. The Bertz CT molecular complexity index is 747. The fraction of sp³-hybridized carbons (Fsp3) is 0.235. The van der Waals surface area contributed by atoms with Gasteiger partial charge in [0.25, 0.3) is 5.91 Å². The number of benzene rings is 2. The smallest absolute Gasteiger partial charge is 0.416 e. The third kappa shape index (κ3) is 4.79. The predicted molar refractivity (Wildman–Crippen MR) is 85.1 cm³/mol. The molecule has 134 valence electrons. The molecule has 2 aromatic rings. The molecule has 5 nitrogen and oxygen atoms in total. The van der Waals surface area contributed by atoms with Crippen molar-refractivity contribution >= 4 is 11.6 Å². The first-order valence-corrected chi connectivity index (χ1v) is 7.16. The number of hydrogen-bond acceptors (Lipinski definition) is 4. The third-order valence-corrected chi connectivity index (χ3v) is 3.20. The van der Waals surface area contributed by atoms with E-state index in [2.05, 4.69) is 5.32 Å². The van der Waals surface area contributed by atoms with Crippen LogP contribution in [-0.2, 0) is 11.0 Å². The van der Waals surface area contributed by atoms with Crippen LogP contribution >= 0.6 is 0 Å². The van der Waals surface area contributed by atoms with E-state index in [-0.39, 0.29) is 11.4 Å². The Labute approximate surface area is 142 Å². The van der Waals surface area contributed by atoms with Gasteiger partial charge in [0.2, 0.25) is 5.75 Å². The van der Waals surface area contributed by atoms with Crippen molar-refractivity contribution in [2.75, 3.05) is 26.1 Å². The van der Waals surface area contributed by atoms with Crippen LogP contribution in [0.1, 0.15) is 5.56 Å². The van der Waals surface area contributed by atoms with E-state index >= 15 is 0 Å². The number of para-hydroxylation sites is 1. The summed E-state index contributed by atoms with van der Waals surface area (Å²) in [5.41, 5.74) is -0.818. The Morgan fingerprint density at radius 2 is 1.72 bits per heavy atom. The van der Waals surface area contributed by atoms with Crippen molar-refractivity contribution in [2.24, 2.45) is 0 Å². The molecular weight excluding hydrogens is 339 g/mol. The maximum Gasteiger partial charge on any atom is 0.416 e. The van der Waals surface area contributed by atoms with E-state index in [1.54, 1.807) is 18.2 Å². The van der Waals surface area contributed by atoms with Crippen LogP contribution < -0.4 is 19.5 Å². The van der Waals surface area contributed by atoms with Crippen molar-refractivity contribution in [3.05, 3.63) is 48.0 Å². The highest BCUT2D eigenvalue weighted by Gasteiger charge is 2.30. The van der Waals surface area contributed by atoms with E-state index in [1.807, 2.05) is 0 Å². The summed E-state index contributed by atoms with van der Waals surface area (Å²) in [5.74, 6) is 0.417. The van der Waals surface area contributed by atoms with Crippen LogP contribution in [0.15, 0.2) is 42.5 Å². The number of halogens is 3. The monoisotopic (exact) mass is 355 g/mol. The zero-order valence-electron chi connectivity index (χ0n) is 13.5. The topological polar surface area (TPSA) is 56.8 Å². The van der Waals surface area contributed by atoms with Crippen molar-refractivity contribution < 1.29 is 32.2 Å². The van der Waals surface area contributed by atoms with Gasteiger partial charge in [-0.25, -0.2) is 0 Å². The first-order chi connectivity index (χ1) is 11.8. The molecular formula is C17H16F3NO4. The highest BCUT2D eigenvalue weighted by atomic mass is 19.4. The van der Waals surface area contributed by atoms with Crippen molar-refractivity contribution in [3.63, 3.8) is 0 Å². The first-order valence-electron chi connectivity index (χ1n) is 7.16. The molecule has 0 radical (unpaired) electrons. The maximum atomic E-state index is 12.7. The van der Waals surface area contributed by atoms with E-state index < -0.39 is 24.3 Å². The van der Waals surface area contributed by atoms with Gasteiger partial charge in [0.05, 0.1) is 19.8 Å². The normalized spacial score (nSPS) is 10.9. The average Bonchev–Trinajstić information content (AvgIpc) is 2.59. The van der Waals surface area contributed by atoms with Gasteiger partial charge in [-0.3, -0.25) is 4.79 Å². The molecule has 0 fully saturated rings. The second-order valence-corrected chi connectivity index (χ2v) is 4.91. The summed E-state index contributed by atoms with van der Waals surface area (Å²) in [6.45, 7) is -0.403. The number of carbonyl (C=O) groups excluding carboxylic acids is 1. The molecule has 8 heteroatoms. The number of anilines is 1. The van der Waals surface area contributed by atoms with Crippen LogP contribution in [0.25, 0.3) is 0 Å². The van der Waals surface area contributed by atoms with Gasteiger partial charge in [-0.15, -0.1) is 0 Å². The minimum absolute atomic E-state index is 0.0287. The SMILES string of the molecule is COc1cccc(OCC(=O)Nc2cccc(C(F)(F)F)c2)c1OC. The number of alkyl halides is 3. The number of carbonyl (C=O) groups is 1. The first kappa shape index (κ1) is 18.4. The van der Waals surface area contributed by atoms with E-state index in [9.17, 15) is 18.0 Å². The molecule has 1 amide bonds. The van der Waals surface area contributed by atoms with Crippen LogP contribution in [0.4, 0.5) is 18.9 Å². The van der Waals surface area contributed by atoms with Crippen LogP contribution in [0.5, 0.6) is 17.2 Å². The van der Waals surface area contributed by atoms with E-state index in [0.717, 1.165) is 12.1 Å². The quantitative estimate of drug-likeness (QED) is 0.858. The lowest BCUT2D eigenvalue weighted by Crippen LogP contribution is -2.20. The molecule has 0 aliphatic rings. The van der Waals surface area contributed by atoms with Crippen LogP contribution in [-0.4, -0.2) is 26.7 Å². The molecule has 0 aliphatic carbocycles. The Balaban J connectivity index is 2.02. The summed E-state index contributed by atoms with van der Waals surface area (Å²) in [5, 5.41) is 2.35. The van der Waals surface area contributed by atoms with Crippen molar-refractivity contribution in [2.45, 2.75) is 6.18 Å². The van der Waals surface area contributed by atoms with Crippen LogP contribution in [0.2, 0.25) is 0 Å². The minimum Gasteiger partial charge on any atom is -0.493 e. The fourth-order valence-corrected chi connectivity index (χ4v) is 2.08. The summed E-state index contributed by atoms with van der Waals surface area (Å²) in [4.78, 5) is 11.9. The Morgan fingerprint density at radius 1 is 1.04 bits per heavy atom. The molecule has 1 N–H and O–H groups in total. The van der Waals surface area contributed by atoms with Gasteiger partial charge in [-0.1, -0.05) is 12.1 Å². The highest BCUT2D eigenvalue weighted by Crippen LogP contribution is 2.36. The van der Waals surface area contributed by atoms with Gasteiger partial charge >= 0.3 is 6.18 Å². The van der Waals surface area contributed by atoms with E-state index in [0.29, 0.717) is 11.5 Å². The van der Waals surface area contributed by atoms with E-state index in [4.69, 9.17) is 14.2 Å². The summed E-state index contributed by atoms with van der Waals surface area (Å²) in [6.07, 6.45) is -4.48. The van der Waals surface area contributed by atoms with Crippen molar-refractivity contribution in [1.82, 2.24) is 0 Å². The summed E-state index contributed by atoms with van der Waals surface area (Å²) >= 11 is 0. The molecule has 0 bridgehead atoms. The Morgan fingerprint density at radius 3 is 2.36 bits per heavy atom. The maximum absolute atomic E-state index is 12.7. The van der Waals surface area contributed by atoms with Gasteiger partial charge in [-0.05, 0) is 30.3 Å². The van der Waals surface area contributed by atoms with Crippen molar-refractivity contribution in [3.8, 4) is 17.2 Å². The molecule has 0 aromatic heterocycles.